The Morgan fingerprint density at radius 1 is 1.06 bits per heavy atom. The van der Waals surface area contributed by atoms with Crippen LogP contribution in [0.3, 0.4) is 0 Å². The molecule has 0 atom stereocenters. The minimum Gasteiger partial charge on any atom is -0.395 e. The summed E-state index contributed by atoms with van der Waals surface area (Å²) in [5.74, 6) is 0. The van der Waals surface area contributed by atoms with E-state index < -0.39 is 34.4 Å². The van der Waals surface area contributed by atoms with Gasteiger partial charge in [-0.3, -0.25) is 0 Å². The van der Waals surface area contributed by atoms with Gasteiger partial charge in [-0.05, 0) is 52.7 Å². The fraction of sp³-hybridized carbons (Fsp3) is 0.150. The Balaban J connectivity index is 1.90. The number of hydrogen-bond acceptors (Lipinski definition) is 5. The van der Waals surface area contributed by atoms with Crippen LogP contribution in [0.25, 0.3) is 11.1 Å². The number of alkyl halides is 3. The van der Waals surface area contributed by atoms with Crippen molar-refractivity contribution >= 4 is 38.8 Å². The summed E-state index contributed by atoms with van der Waals surface area (Å²) in [5.41, 5.74) is 0.378. The van der Waals surface area contributed by atoms with Crippen molar-refractivity contribution in [3.8, 4) is 11.1 Å². The fourth-order valence-corrected chi connectivity index (χ4v) is 4.49. The molecular weight excluding hydrogens is 467 g/mol. The van der Waals surface area contributed by atoms with E-state index in [9.17, 15) is 26.4 Å². The smallest absolute Gasteiger partial charge is 0.395 e. The van der Waals surface area contributed by atoms with E-state index in [4.69, 9.17) is 5.11 Å². The van der Waals surface area contributed by atoms with Gasteiger partial charge in [0.25, 0.3) is 0 Å². The number of aliphatic hydroxyl groups is 1. The van der Waals surface area contributed by atoms with Crippen LogP contribution in [0, 0.1) is 0 Å². The van der Waals surface area contributed by atoms with Crippen LogP contribution in [-0.2, 0) is 16.2 Å². The zero-order chi connectivity index (χ0) is 23.4. The summed E-state index contributed by atoms with van der Waals surface area (Å²) >= 11 is 1.40. The zero-order valence-corrected chi connectivity index (χ0v) is 17.9. The lowest BCUT2D eigenvalue weighted by Crippen LogP contribution is -2.27. The largest absolute Gasteiger partial charge is 0.416 e. The fourth-order valence-electron chi connectivity index (χ4n) is 2.78. The number of anilines is 2. The molecule has 2 amide bonds. The van der Waals surface area contributed by atoms with E-state index >= 15 is 0 Å². The van der Waals surface area contributed by atoms with Gasteiger partial charge in [0.05, 0.1) is 22.8 Å². The van der Waals surface area contributed by atoms with Crippen molar-refractivity contribution in [3.63, 3.8) is 0 Å². The molecule has 0 saturated carbocycles. The molecule has 0 aliphatic heterocycles. The summed E-state index contributed by atoms with van der Waals surface area (Å²) in [5, 5.41) is 17.3. The molecule has 0 bridgehead atoms. The van der Waals surface area contributed by atoms with Crippen LogP contribution in [0.5, 0.6) is 0 Å². The van der Waals surface area contributed by atoms with Crippen molar-refractivity contribution in [2.75, 3.05) is 23.8 Å². The Morgan fingerprint density at radius 3 is 2.50 bits per heavy atom. The first-order chi connectivity index (χ1) is 15.1. The molecule has 2 aromatic carbocycles. The Hall–Kier alpha value is -2.93. The van der Waals surface area contributed by atoms with Gasteiger partial charge in [-0.2, -0.15) is 24.5 Å². The molecule has 4 N–H and O–H groups in total. The molecule has 0 aliphatic carbocycles. The van der Waals surface area contributed by atoms with Gasteiger partial charge < -0.3 is 15.7 Å². The number of carbonyl (C=O) groups excluding carboxylic acids is 1. The first-order valence-corrected chi connectivity index (χ1v) is 11.5. The standard InChI is InChI=1S/C20H18F3N3O4S2/c21-20(22,23)14-2-1-3-15(10-14)25-19(28)26-18-11-16(32(29,30)24-7-8-27)4-5-17(18)13-6-9-31-12-13/h1-6,9-12,24,27H,7-8H2,(H2,25,26,28). The maximum absolute atomic E-state index is 12.9. The molecule has 1 heterocycles. The molecule has 12 heteroatoms. The Morgan fingerprint density at radius 2 is 1.84 bits per heavy atom. The maximum Gasteiger partial charge on any atom is 0.416 e. The molecule has 32 heavy (non-hydrogen) atoms. The van der Waals surface area contributed by atoms with Gasteiger partial charge in [0.2, 0.25) is 10.0 Å². The summed E-state index contributed by atoms with van der Waals surface area (Å²) in [6.45, 7) is -0.579. The second-order valence-electron chi connectivity index (χ2n) is 6.50. The van der Waals surface area contributed by atoms with E-state index in [-0.39, 0.29) is 22.8 Å². The number of amides is 2. The third kappa shape index (κ3) is 5.85. The van der Waals surface area contributed by atoms with Crippen LogP contribution in [0.4, 0.5) is 29.3 Å². The number of sulfonamides is 1. The number of rotatable bonds is 7. The number of benzene rings is 2. The summed E-state index contributed by atoms with van der Waals surface area (Å²) in [7, 11) is -3.95. The molecule has 7 nitrogen and oxygen atoms in total. The Labute approximate surface area is 186 Å². The minimum absolute atomic E-state index is 0.0807. The van der Waals surface area contributed by atoms with Gasteiger partial charge in [-0.15, -0.1) is 0 Å². The molecule has 0 saturated heterocycles. The predicted molar refractivity (Wildman–Crippen MR) is 116 cm³/mol. The first kappa shape index (κ1) is 23.7. The van der Waals surface area contributed by atoms with Crippen LogP contribution in [0.15, 0.2) is 64.2 Å². The van der Waals surface area contributed by atoms with E-state index in [0.717, 1.165) is 23.8 Å². The first-order valence-electron chi connectivity index (χ1n) is 9.12. The van der Waals surface area contributed by atoms with Gasteiger partial charge in [0.15, 0.2) is 0 Å². The van der Waals surface area contributed by atoms with E-state index in [1.54, 1.807) is 16.8 Å². The number of halogens is 3. The third-order valence-electron chi connectivity index (χ3n) is 4.23. The second kappa shape index (κ2) is 9.69. The molecule has 0 radical (unpaired) electrons. The monoisotopic (exact) mass is 485 g/mol. The lowest BCUT2D eigenvalue weighted by molar-refractivity contribution is -0.137. The number of nitrogens with one attached hydrogen (secondary N) is 3. The van der Waals surface area contributed by atoms with Gasteiger partial charge >= 0.3 is 12.2 Å². The van der Waals surface area contributed by atoms with Crippen LogP contribution in [0.1, 0.15) is 5.56 Å². The molecule has 3 rings (SSSR count). The maximum atomic E-state index is 12.9. The molecule has 1 aromatic heterocycles. The highest BCUT2D eigenvalue weighted by Gasteiger charge is 2.30. The number of aliphatic hydroxyl groups excluding tert-OH is 1. The van der Waals surface area contributed by atoms with Gasteiger partial charge in [-0.25, -0.2) is 17.9 Å². The van der Waals surface area contributed by atoms with Crippen molar-refractivity contribution in [2.24, 2.45) is 0 Å². The number of hydrogen-bond donors (Lipinski definition) is 4. The minimum atomic E-state index is -4.56. The SMILES string of the molecule is O=C(Nc1cccc(C(F)(F)F)c1)Nc1cc(S(=O)(=O)NCCO)ccc1-c1ccsc1. The highest BCUT2D eigenvalue weighted by atomic mass is 32.2. The van der Waals surface area contributed by atoms with E-state index in [0.29, 0.717) is 5.56 Å². The average Bonchev–Trinajstić information content (AvgIpc) is 3.26. The highest BCUT2D eigenvalue weighted by Crippen LogP contribution is 2.33. The van der Waals surface area contributed by atoms with Gasteiger partial charge in [0, 0.05) is 17.8 Å². The molecule has 170 valence electrons. The molecule has 0 spiro atoms. The third-order valence-corrected chi connectivity index (χ3v) is 6.38. The van der Waals surface area contributed by atoms with Crippen molar-refractivity contribution in [3.05, 3.63) is 64.9 Å². The lowest BCUT2D eigenvalue weighted by Gasteiger charge is -2.14. The number of thiophene rings is 1. The predicted octanol–water partition coefficient (Wildman–Crippen LogP) is 4.35. The topological polar surface area (TPSA) is 108 Å². The summed E-state index contributed by atoms with van der Waals surface area (Å²) < 4.78 is 65.7. The van der Waals surface area contributed by atoms with E-state index in [1.165, 1.54) is 35.6 Å². The zero-order valence-electron chi connectivity index (χ0n) is 16.3. The molecular formula is C20H18F3N3O4S2. The van der Waals surface area contributed by atoms with Crippen molar-refractivity contribution in [1.29, 1.82) is 0 Å². The summed E-state index contributed by atoms with van der Waals surface area (Å²) in [6, 6.07) is 9.15. The van der Waals surface area contributed by atoms with Crippen LogP contribution >= 0.6 is 11.3 Å². The quantitative estimate of drug-likeness (QED) is 0.399. The van der Waals surface area contributed by atoms with Gasteiger partial charge in [-0.1, -0.05) is 12.1 Å². The summed E-state index contributed by atoms with van der Waals surface area (Å²) in [4.78, 5) is 12.3. The number of carbonyl (C=O) groups is 1. The van der Waals surface area contributed by atoms with Crippen LogP contribution < -0.4 is 15.4 Å². The van der Waals surface area contributed by atoms with E-state index in [2.05, 4.69) is 15.4 Å². The molecule has 0 aliphatic rings. The van der Waals surface area contributed by atoms with Crippen molar-refractivity contribution < 1.29 is 31.5 Å². The highest BCUT2D eigenvalue weighted by molar-refractivity contribution is 7.89. The Bertz CT molecular complexity index is 1200. The van der Waals surface area contributed by atoms with Crippen LogP contribution in [-0.4, -0.2) is 32.7 Å². The normalized spacial score (nSPS) is 11.9. The van der Waals surface area contributed by atoms with E-state index in [1.807, 2.05) is 0 Å². The van der Waals surface area contributed by atoms with Crippen molar-refractivity contribution in [1.82, 2.24) is 4.72 Å². The molecule has 0 fully saturated rings. The average molecular weight is 486 g/mol. The van der Waals surface area contributed by atoms with Gasteiger partial charge in [0.1, 0.15) is 0 Å². The number of urea groups is 1. The lowest BCUT2D eigenvalue weighted by atomic mass is 10.1. The second-order valence-corrected chi connectivity index (χ2v) is 9.05. The summed E-state index contributed by atoms with van der Waals surface area (Å²) in [6.07, 6.45) is -4.56. The molecule has 0 unspecified atom stereocenters. The molecule has 3 aromatic rings. The van der Waals surface area contributed by atoms with Crippen LogP contribution in [0.2, 0.25) is 0 Å². The van der Waals surface area contributed by atoms with Crippen molar-refractivity contribution in [2.45, 2.75) is 11.1 Å². The Kier molecular flexibility index (Phi) is 7.19.